The summed E-state index contributed by atoms with van der Waals surface area (Å²) >= 11 is 0. The van der Waals surface area contributed by atoms with Crippen molar-refractivity contribution >= 4 is 11.6 Å². The van der Waals surface area contributed by atoms with Crippen molar-refractivity contribution in [1.82, 2.24) is 9.78 Å². The van der Waals surface area contributed by atoms with Gasteiger partial charge < -0.3 is 4.90 Å². The number of aryl methyl sites for hydroxylation is 3. The molecule has 0 bridgehead atoms. The maximum absolute atomic E-state index is 12.6. The van der Waals surface area contributed by atoms with Crippen molar-refractivity contribution in [2.45, 2.75) is 34.2 Å². The Morgan fingerprint density at radius 3 is 2.55 bits per heavy atom. The van der Waals surface area contributed by atoms with Gasteiger partial charge in [0.25, 0.3) is 5.91 Å². The van der Waals surface area contributed by atoms with E-state index in [1.54, 1.807) is 4.90 Å². The number of hydrogen-bond acceptors (Lipinski definition) is 2. The van der Waals surface area contributed by atoms with Crippen molar-refractivity contribution in [1.29, 1.82) is 0 Å². The molecule has 106 valence electrons. The van der Waals surface area contributed by atoms with Crippen LogP contribution in [0.3, 0.4) is 0 Å². The summed E-state index contributed by atoms with van der Waals surface area (Å²) < 4.78 is 1.84. The SMILES string of the molecule is CCN(C(=O)c1cc(C)n(CC)n1)c1cccc(C)c1. The van der Waals surface area contributed by atoms with E-state index < -0.39 is 0 Å². The largest absolute Gasteiger partial charge is 0.307 e. The molecule has 1 heterocycles. The highest BCUT2D eigenvalue weighted by atomic mass is 16.2. The van der Waals surface area contributed by atoms with Gasteiger partial charge in [-0.1, -0.05) is 12.1 Å². The fourth-order valence-electron chi connectivity index (χ4n) is 2.31. The van der Waals surface area contributed by atoms with Crippen molar-refractivity contribution in [2.75, 3.05) is 11.4 Å². The lowest BCUT2D eigenvalue weighted by Crippen LogP contribution is -2.31. The molecule has 4 nitrogen and oxygen atoms in total. The van der Waals surface area contributed by atoms with Crippen LogP contribution in [0, 0.1) is 13.8 Å². The quantitative estimate of drug-likeness (QED) is 0.856. The number of amides is 1. The maximum atomic E-state index is 12.6. The highest BCUT2D eigenvalue weighted by Gasteiger charge is 2.19. The summed E-state index contributed by atoms with van der Waals surface area (Å²) in [5.74, 6) is -0.0478. The molecule has 0 fully saturated rings. The van der Waals surface area contributed by atoms with Crippen LogP contribution in [0.1, 0.15) is 35.6 Å². The first-order chi connectivity index (χ1) is 9.56. The van der Waals surface area contributed by atoms with E-state index in [9.17, 15) is 4.79 Å². The number of nitrogens with zero attached hydrogens (tertiary/aromatic N) is 3. The molecule has 2 aromatic rings. The zero-order chi connectivity index (χ0) is 14.7. The fraction of sp³-hybridized carbons (Fsp3) is 0.375. The first-order valence-electron chi connectivity index (χ1n) is 6.99. The second-order valence-electron chi connectivity index (χ2n) is 4.88. The lowest BCUT2D eigenvalue weighted by atomic mass is 10.2. The third-order valence-corrected chi connectivity index (χ3v) is 3.37. The molecule has 1 aromatic carbocycles. The van der Waals surface area contributed by atoms with Crippen LogP contribution in [0.2, 0.25) is 0 Å². The predicted molar refractivity (Wildman–Crippen MR) is 81.2 cm³/mol. The molecule has 0 radical (unpaired) electrons. The van der Waals surface area contributed by atoms with Crippen molar-refractivity contribution in [3.63, 3.8) is 0 Å². The Morgan fingerprint density at radius 2 is 2.00 bits per heavy atom. The van der Waals surface area contributed by atoms with Gasteiger partial charge in [0.1, 0.15) is 0 Å². The summed E-state index contributed by atoms with van der Waals surface area (Å²) in [5.41, 5.74) is 3.58. The van der Waals surface area contributed by atoms with Gasteiger partial charge in [0, 0.05) is 24.5 Å². The molecule has 0 spiro atoms. The monoisotopic (exact) mass is 271 g/mol. The Kier molecular flexibility index (Phi) is 4.23. The first kappa shape index (κ1) is 14.3. The Hall–Kier alpha value is -2.10. The van der Waals surface area contributed by atoms with Crippen LogP contribution in [-0.4, -0.2) is 22.2 Å². The predicted octanol–water partition coefficient (Wildman–Crippen LogP) is 3.19. The Labute approximate surface area is 120 Å². The Morgan fingerprint density at radius 1 is 1.25 bits per heavy atom. The topological polar surface area (TPSA) is 38.1 Å². The van der Waals surface area contributed by atoms with Crippen LogP contribution in [0.5, 0.6) is 0 Å². The molecule has 0 saturated carbocycles. The van der Waals surface area contributed by atoms with Gasteiger partial charge in [-0.3, -0.25) is 9.48 Å². The van der Waals surface area contributed by atoms with Crippen molar-refractivity contribution in [3.8, 4) is 0 Å². The lowest BCUT2D eigenvalue weighted by Gasteiger charge is -2.20. The minimum atomic E-state index is -0.0478. The summed E-state index contributed by atoms with van der Waals surface area (Å²) in [6.45, 7) is 9.39. The van der Waals surface area contributed by atoms with Crippen molar-refractivity contribution < 1.29 is 4.79 Å². The second-order valence-corrected chi connectivity index (χ2v) is 4.88. The maximum Gasteiger partial charge on any atom is 0.278 e. The van der Waals surface area contributed by atoms with E-state index in [4.69, 9.17) is 0 Å². The highest BCUT2D eigenvalue weighted by Crippen LogP contribution is 2.18. The molecule has 0 aliphatic rings. The molecular formula is C16H21N3O. The summed E-state index contributed by atoms with van der Waals surface area (Å²) in [5, 5.41) is 4.37. The number of hydrogen-bond donors (Lipinski definition) is 0. The first-order valence-corrected chi connectivity index (χ1v) is 6.99. The molecule has 2 rings (SSSR count). The summed E-state index contributed by atoms with van der Waals surface area (Å²) in [7, 11) is 0. The number of rotatable bonds is 4. The summed E-state index contributed by atoms with van der Waals surface area (Å²) in [6.07, 6.45) is 0. The highest BCUT2D eigenvalue weighted by molar-refractivity contribution is 6.04. The number of aromatic nitrogens is 2. The molecule has 0 saturated heterocycles. The van der Waals surface area contributed by atoms with E-state index in [1.165, 1.54) is 0 Å². The zero-order valence-electron chi connectivity index (χ0n) is 12.6. The molecule has 1 aromatic heterocycles. The van der Waals surface area contributed by atoms with E-state index in [2.05, 4.69) is 5.10 Å². The number of carbonyl (C=O) groups excluding carboxylic acids is 1. The molecule has 0 atom stereocenters. The van der Waals surface area contributed by atoms with Gasteiger partial charge in [-0.15, -0.1) is 0 Å². The van der Waals surface area contributed by atoms with Crippen LogP contribution >= 0.6 is 0 Å². The Balaban J connectivity index is 2.33. The van der Waals surface area contributed by atoms with E-state index >= 15 is 0 Å². The van der Waals surface area contributed by atoms with Gasteiger partial charge in [0.15, 0.2) is 5.69 Å². The van der Waals surface area contributed by atoms with E-state index in [1.807, 2.05) is 62.7 Å². The number of anilines is 1. The summed E-state index contributed by atoms with van der Waals surface area (Å²) in [4.78, 5) is 14.4. The molecular weight excluding hydrogens is 250 g/mol. The number of carbonyl (C=O) groups is 1. The van der Waals surface area contributed by atoms with Gasteiger partial charge in [0.2, 0.25) is 0 Å². The van der Waals surface area contributed by atoms with Gasteiger partial charge in [0.05, 0.1) is 0 Å². The van der Waals surface area contributed by atoms with Crippen molar-refractivity contribution in [3.05, 3.63) is 47.3 Å². The zero-order valence-corrected chi connectivity index (χ0v) is 12.6. The van der Waals surface area contributed by atoms with Gasteiger partial charge in [-0.2, -0.15) is 5.10 Å². The molecule has 0 aliphatic heterocycles. The molecule has 0 aliphatic carbocycles. The smallest absolute Gasteiger partial charge is 0.278 e. The molecule has 4 heteroatoms. The lowest BCUT2D eigenvalue weighted by molar-refractivity contribution is 0.0982. The van der Waals surface area contributed by atoms with Gasteiger partial charge >= 0.3 is 0 Å². The second kappa shape index (κ2) is 5.90. The molecule has 0 unspecified atom stereocenters. The normalized spacial score (nSPS) is 10.6. The van der Waals surface area contributed by atoms with Gasteiger partial charge in [-0.25, -0.2) is 0 Å². The van der Waals surface area contributed by atoms with E-state index in [-0.39, 0.29) is 5.91 Å². The van der Waals surface area contributed by atoms with E-state index in [0.717, 1.165) is 23.5 Å². The fourth-order valence-corrected chi connectivity index (χ4v) is 2.31. The minimum Gasteiger partial charge on any atom is -0.307 e. The average Bonchev–Trinajstić information content (AvgIpc) is 2.81. The van der Waals surface area contributed by atoms with Gasteiger partial charge in [-0.05, 0) is 51.5 Å². The van der Waals surface area contributed by atoms with Crippen LogP contribution < -0.4 is 4.90 Å². The van der Waals surface area contributed by atoms with Crippen LogP contribution in [0.4, 0.5) is 5.69 Å². The average molecular weight is 271 g/mol. The standard InChI is InChI=1S/C16H21N3O/c1-5-18(14-9-7-8-12(3)10-14)16(20)15-11-13(4)19(6-2)17-15/h7-11H,5-6H2,1-4H3. The van der Waals surface area contributed by atoms with Crippen molar-refractivity contribution in [2.24, 2.45) is 0 Å². The molecule has 20 heavy (non-hydrogen) atoms. The Bertz CT molecular complexity index is 616. The minimum absolute atomic E-state index is 0.0478. The number of benzene rings is 1. The van der Waals surface area contributed by atoms with Crippen LogP contribution in [0.15, 0.2) is 30.3 Å². The summed E-state index contributed by atoms with van der Waals surface area (Å²) in [6, 6.07) is 9.82. The molecule has 1 amide bonds. The third-order valence-electron chi connectivity index (χ3n) is 3.37. The third kappa shape index (κ3) is 2.74. The molecule has 0 N–H and O–H groups in total. The van der Waals surface area contributed by atoms with Crippen LogP contribution in [0.25, 0.3) is 0 Å². The van der Waals surface area contributed by atoms with Crippen LogP contribution in [-0.2, 0) is 6.54 Å². The van der Waals surface area contributed by atoms with E-state index in [0.29, 0.717) is 12.2 Å².